The zero-order valence-electron chi connectivity index (χ0n) is 30.6. The van der Waals surface area contributed by atoms with Crippen molar-refractivity contribution < 1.29 is 23.1 Å². The number of piperidine rings is 1. The molecule has 49 heavy (non-hydrogen) atoms. The Balaban J connectivity index is 1.43. The largest absolute Gasteiger partial charge is 0.479 e. The molecule has 0 saturated carbocycles. The van der Waals surface area contributed by atoms with Gasteiger partial charge in [0, 0.05) is 24.8 Å². The molecule has 0 aliphatic carbocycles. The number of halogens is 1. The van der Waals surface area contributed by atoms with Crippen LogP contribution in [-0.4, -0.2) is 74.0 Å². The van der Waals surface area contributed by atoms with Gasteiger partial charge in [-0.05, 0) is 75.4 Å². The minimum Gasteiger partial charge on any atom is -0.479 e. The number of amides is 1. The van der Waals surface area contributed by atoms with Gasteiger partial charge in [-0.1, -0.05) is 46.8 Å². The Labute approximate surface area is 290 Å². The molecule has 1 unspecified atom stereocenters. The molecule has 0 radical (unpaired) electrons. The van der Waals surface area contributed by atoms with Gasteiger partial charge in [-0.3, -0.25) is 4.98 Å². The molecule has 1 amide bonds. The molecule has 1 aliphatic rings. The van der Waals surface area contributed by atoms with E-state index in [0.717, 1.165) is 35.3 Å². The molecule has 4 aromatic rings. The average molecular weight is 694 g/mol. The van der Waals surface area contributed by atoms with Gasteiger partial charge in [0.25, 0.3) is 0 Å². The van der Waals surface area contributed by atoms with Gasteiger partial charge in [-0.25, -0.2) is 18.9 Å². The highest BCUT2D eigenvalue weighted by atomic mass is 28.4. The maximum Gasteiger partial charge on any atom is 0.410 e. The Morgan fingerprint density at radius 2 is 1.71 bits per heavy atom. The number of ether oxygens (including phenoxy) is 2. The van der Waals surface area contributed by atoms with Crippen LogP contribution in [0.25, 0.3) is 16.8 Å². The van der Waals surface area contributed by atoms with E-state index in [1.807, 2.05) is 49.0 Å². The van der Waals surface area contributed by atoms with E-state index in [-0.39, 0.29) is 18.7 Å². The summed E-state index contributed by atoms with van der Waals surface area (Å²) < 4.78 is 37.2. The second-order valence-electron chi connectivity index (χ2n) is 15.1. The van der Waals surface area contributed by atoms with Crippen LogP contribution in [0.3, 0.4) is 0 Å². The maximum absolute atomic E-state index is 14.0. The van der Waals surface area contributed by atoms with Crippen LogP contribution in [0.4, 0.5) is 9.18 Å². The quantitative estimate of drug-likeness (QED) is 0.144. The number of hydrogen-bond donors (Lipinski definition) is 0. The fourth-order valence-electron chi connectivity index (χ4n) is 7.43. The summed E-state index contributed by atoms with van der Waals surface area (Å²) >= 11 is 0. The lowest BCUT2D eigenvalue weighted by atomic mass is 10.0. The van der Waals surface area contributed by atoms with Crippen molar-refractivity contribution in [2.45, 2.75) is 116 Å². The number of rotatable bonds is 11. The third kappa shape index (κ3) is 7.82. The summed E-state index contributed by atoms with van der Waals surface area (Å²) in [5, 5.41) is 9.19. The van der Waals surface area contributed by atoms with E-state index in [0.29, 0.717) is 41.2 Å². The number of pyridine rings is 2. The highest BCUT2D eigenvalue weighted by molar-refractivity contribution is 6.77. The highest BCUT2D eigenvalue weighted by Gasteiger charge is 2.45. The smallest absolute Gasteiger partial charge is 0.410 e. The molecule has 13 heteroatoms. The second kappa shape index (κ2) is 14.6. The minimum absolute atomic E-state index is 0.103. The van der Waals surface area contributed by atoms with Crippen LogP contribution >= 0.6 is 0 Å². The van der Waals surface area contributed by atoms with E-state index >= 15 is 0 Å². The van der Waals surface area contributed by atoms with Crippen molar-refractivity contribution in [3.8, 4) is 17.0 Å². The van der Waals surface area contributed by atoms with Crippen LogP contribution in [0, 0.1) is 12.7 Å². The molecular formula is C36H52FN7O4Si. The number of imidazole rings is 1. The van der Waals surface area contributed by atoms with Crippen LogP contribution in [0.1, 0.15) is 98.7 Å². The number of fused-ring (bicyclic) bond motifs is 1. The molecule has 4 aromatic heterocycles. The van der Waals surface area contributed by atoms with E-state index < -0.39 is 25.8 Å². The van der Waals surface area contributed by atoms with Gasteiger partial charge in [-0.2, -0.15) is 0 Å². The van der Waals surface area contributed by atoms with Crippen LogP contribution in [0.5, 0.6) is 5.75 Å². The van der Waals surface area contributed by atoms with Crippen molar-refractivity contribution in [1.29, 1.82) is 0 Å². The van der Waals surface area contributed by atoms with Crippen molar-refractivity contribution in [2.75, 3.05) is 19.7 Å². The molecule has 0 bridgehead atoms. The van der Waals surface area contributed by atoms with Gasteiger partial charge in [0.1, 0.15) is 28.4 Å². The molecule has 266 valence electrons. The number of carbonyl (C=O) groups excluding carboxylic acids is 1. The zero-order chi connectivity index (χ0) is 35.7. The van der Waals surface area contributed by atoms with Gasteiger partial charge in [-0.15, -0.1) is 5.10 Å². The van der Waals surface area contributed by atoms with Crippen LogP contribution in [0.15, 0.2) is 43.1 Å². The molecule has 11 nitrogen and oxygen atoms in total. The predicted molar refractivity (Wildman–Crippen MR) is 190 cm³/mol. The Morgan fingerprint density at radius 1 is 1.04 bits per heavy atom. The fraction of sp³-hybridized carbons (Fsp3) is 0.583. The summed E-state index contributed by atoms with van der Waals surface area (Å²) in [6.07, 6.45) is 7.29. The maximum atomic E-state index is 14.0. The van der Waals surface area contributed by atoms with Gasteiger partial charge in [0.05, 0.1) is 42.8 Å². The molecular weight excluding hydrogens is 642 g/mol. The number of carbonyl (C=O) groups is 1. The molecule has 0 aromatic carbocycles. The van der Waals surface area contributed by atoms with Crippen LogP contribution in [0.2, 0.25) is 16.6 Å². The van der Waals surface area contributed by atoms with E-state index in [4.69, 9.17) is 13.9 Å². The number of hydrogen-bond acceptors (Lipinski definition) is 8. The summed E-state index contributed by atoms with van der Waals surface area (Å²) in [5.74, 6) is 0.174. The van der Waals surface area contributed by atoms with Gasteiger partial charge in [0.15, 0.2) is 6.10 Å². The standard InChI is InChI=1S/C36H52FN7O4Si/c1-23(2)49(24(3)4,25(5)6)46-21-33(30-12-11-28(37)18-39-30)47-32-17-27(20-43-22-38-19-31(32)43)34-26(7)44(41-40-34)29-13-15-42(16-14-29)35(45)48-36(8,9)10/h11-12,17-20,22-25,29,33H,13-16,21H2,1-10H3. The van der Waals surface area contributed by atoms with Gasteiger partial charge >= 0.3 is 6.09 Å². The van der Waals surface area contributed by atoms with Crippen LogP contribution < -0.4 is 4.74 Å². The number of aromatic nitrogens is 6. The summed E-state index contributed by atoms with van der Waals surface area (Å²) in [6, 6.07) is 5.12. The number of likely N-dealkylation sites (tertiary alicyclic amines) is 1. The molecule has 1 fully saturated rings. The fourth-order valence-corrected chi connectivity index (χ4v) is 12.9. The Bertz CT molecular complexity index is 1700. The second-order valence-corrected chi connectivity index (χ2v) is 20.5. The topological polar surface area (TPSA) is 109 Å². The molecule has 0 spiro atoms. The van der Waals surface area contributed by atoms with Gasteiger partial charge in [0.2, 0.25) is 8.32 Å². The van der Waals surface area contributed by atoms with Crippen molar-refractivity contribution in [2.24, 2.45) is 0 Å². The third-order valence-electron chi connectivity index (χ3n) is 9.69. The lowest BCUT2D eigenvalue weighted by Gasteiger charge is -2.42. The molecule has 5 rings (SSSR count). The molecule has 5 heterocycles. The lowest BCUT2D eigenvalue weighted by molar-refractivity contribution is 0.0183. The van der Waals surface area contributed by atoms with Crippen molar-refractivity contribution in [1.82, 2.24) is 34.3 Å². The normalized spacial score (nSPS) is 15.5. The van der Waals surface area contributed by atoms with Crippen molar-refractivity contribution in [3.05, 3.63) is 60.3 Å². The van der Waals surface area contributed by atoms with Crippen molar-refractivity contribution in [3.63, 3.8) is 0 Å². The Kier molecular flexibility index (Phi) is 10.8. The molecule has 0 N–H and O–H groups in total. The molecule has 1 aliphatic heterocycles. The van der Waals surface area contributed by atoms with E-state index in [2.05, 4.69) is 61.8 Å². The average Bonchev–Trinajstić information content (AvgIpc) is 3.66. The zero-order valence-corrected chi connectivity index (χ0v) is 31.6. The minimum atomic E-state index is -2.25. The summed E-state index contributed by atoms with van der Waals surface area (Å²) in [5.41, 5.74) is 4.45. The first-order chi connectivity index (χ1) is 23.1. The van der Waals surface area contributed by atoms with Gasteiger partial charge < -0.3 is 23.2 Å². The molecule has 1 atom stereocenters. The first-order valence-electron chi connectivity index (χ1n) is 17.4. The summed E-state index contributed by atoms with van der Waals surface area (Å²) in [6.45, 7) is 22.6. The highest BCUT2D eigenvalue weighted by Crippen LogP contribution is 2.43. The SMILES string of the molecule is Cc1c(-c2cc(OC(CO[Si](C(C)C)(C(C)C)C(C)C)c3ccc(F)cn3)c3cncn3c2)nnn1C1CCN(C(=O)OC(C)(C)C)CC1. The number of nitrogens with zero attached hydrogens (tertiary/aromatic N) is 7. The summed E-state index contributed by atoms with van der Waals surface area (Å²) in [4.78, 5) is 23.2. The summed E-state index contributed by atoms with van der Waals surface area (Å²) in [7, 11) is -2.25. The Morgan fingerprint density at radius 3 is 2.31 bits per heavy atom. The molecule has 1 saturated heterocycles. The van der Waals surface area contributed by atoms with Crippen LogP contribution in [-0.2, 0) is 9.16 Å². The lowest BCUT2D eigenvalue weighted by Crippen LogP contribution is -2.48. The monoisotopic (exact) mass is 693 g/mol. The predicted octanol–water partition coefficient (Wildman–Crippen LogP) is 8.32. The van der Waals surface area contributed by atoms with E-state index in [1.54, 1.807) is 23.5 Å². The first-order valence-corrected chi connectivity index (χ1v) is 19.5. The first kappa shape index (κ1) is 36.4. The van der Waals surface area contributed by atoms with Crippen molar-refractivity contribution >= 4 is 19.9 Å². The Hall–Kier alpha value is -3.84. The van der Waals surface area contributed by atoms with E-state index in [9.17, 15) is 9.18 Å². The third-order valence-corrected chi connectivity index (χ3v) is 15.8. The van der Waals surface area contributed by atoms with E-state index in [1.165, 1.54) is 12.3 Å².